The fraction of sp³-hybridized carbons (Fsp3) is 0.500. The Labute approximate surface area is 123 Å². The number of hydrogen-bond donors (Lipinski definition) is 2. The Kier molecular flexibility index (Phi) is 4.89. The number of pyridine rings is 1. The zero-order valence-electron chi connectivity index (χ0n) is 10.8. The molecule has 0 aromatic carbocycles. The first kappa shape index (κ1) is 15.8. The summed E-state index contributed by atoms with van der Waals surface area (Å²) in [5.41, 5.74) is -0.939. The normalized spacial score (nSPS) is 15.4. The van der Waals surface area contributed by atoms with Gasteiger partial charge in [0.2, 0.25) is 11.8 Å². The van der Waals surface area contributed by atoms with Crippen LogP contribution in [0.5, 0.6) is 5.88 Å². The minimum absolute atomic E-state index is 0.0298. The molecule has 0 spiro atoms. The van der Waals surface area contributed by atoms with Gasteiger partial charge >= 0.3 is 6.18 Å². The van der Waals surface area contributed by atoms with E-state index >= 15 is 0 Å². The number of nitrogens with one attached hydrogen (secondary N) is 2. The standard InChI is InChI=1S/C12H13ClF3N3O2/c13-9-3-8(12(14,15)16)6-19-11(9)21-2-1-18-10(20)7-4-17-5-7/h3,6-7,17H,1-2,4-5H2,(H,18,20). The minimum atomic E-state index is -4.50. The summed E-state index contributed by atoms with van der Waals surface area (Å²) < 4.78 is 42.4. The van der Waals surface area contributed by atoms with Crippen LogP contribution in [0.3, 0.4) is 0 Å². The molecule has 1 aliphatic heterocycles. The van der Waals surface area contributed by atoms with Crippen LogP contribution in [-0.4, -0.2) is 37.1 Å². The fourth-order valence-electron chi connectivity index (χ4n) is 1.63. The second kappa shape index (κ2) is 6.48. The predicted octanol–water partition coefficient (Wildman–Crippen LogP) is 1.47. The molecule has 1 aliphatic rings. The highest BCUT2D eigenvalue weighted by Gasteiger charge is 2.31. The molecule has 2 N–H and O–H groups in total. The molecule has 9 heteroatoms. The fourth-order valence-corrected chi connectivity index (χ4v) is 1.85. The number of hydrogen-bond acceptors (Lipinski definition) is 4. The summed E-state index contributed by atoms with van der Waals surface area (Å²) >= 11 is 5.68. The molecule has 1 aromatic heterocycles. The van der Waals surface area contributed by atoms with Gasteiger partial charge in [0, 0.05) is 19.3 Å². The maximum Gasteiger partial charge on any atom is 0.417 e. The van der Waals surface area contributed by atoms with Gasteiger partial charge in [-0.1, -0.05) is 11.6 Å². The van der Waals surface area contributed by atoms with E-state index in [1.807, 2.05) is 0 Å². The van der Waals surface area contributed by atoms with E-state index < -0.39 is 11.7 Å². The molecule has 5 nitrogen and oxygen atoms in total. The zero-order chi connectivity index (χ0) is 15.5. The number of alkyl halides is 3. The summed E-state index contributed by atoms with van der Waals surface area (Å²) in [6.07, 6.45) is -3.85. The molecule has 1 amide bonds. The molecule has 116 valence electrons. The van der Waals surface area contributed by atoms with Crippen molar-refractivity contribution < 1.29 is 22.7 Å². The number of ether oxygens (including phenoxy) is 1. The van der Waals surface area contributed by atoms with Crippen molar-refractivity contribution in [3.8, 4) is 5.88 Å². The van der Waals surface area contributed by atoms with E-state index in [0.717, 1.165) is 6.07 Å². The van der Waals surface area contributed by atoms with Gasteiger partial charge < -0.3 is 15.4 Å². The molecule has 0 unspecified atom stereocenters. The lowest BCUT2D eigenvalue weighted by atomic mass is 10.0. The Morgan fingerprint density at radius 1 is 1.52 bits per heavy atom. The van der Waals surface area contributed by atoms with Crippen LogP contribution in [0.25, 0.3) is 0 Å². The van der Waals surface area contributed by atoms with Gasteiger partial charge in [0.05, 0.1) is 18.0 Å². The Morgan fingerprint density at radius 2 is 2.24 bits per heavy atom. The number of nitrogens with zero attached hydrogens (tertiary/aromatic N) is 1. The third-order valence-corrected chi connectivity index (χ3v) is 3.20. The van der Waals surface area contributed by atoms with Crippen LogP contribution < -0.4 is 15.4 Å². The highest BCUT2D eigenvalue weighted by molar-refractivity contribution is 6.31. The summed E-state index contributed by atoms with van der Waals surface area (Å²) in [7, 11) is 0. The summed E-state index contributed by atoms with van der Waals surface area (Å²) in [5.74, 6) is -0.203. The van der Waals surface area contributed by atoms with E-state index in [2.05, 4.69) is 15.6 Å². The second-order valence-corrected chi connectivity index (χ2v) is 4.91. The predicted molar refractivity (Wildman–Crippen MR) is 69.1 cm³/mol. The zero-order valence-corrected chi connectivity index (χ0v) is 11.6. The first-order valence-corrected chi connectivity index (χ1v) is 6.59. The number of amides is 1. The maximum absolute atomic E-state index is 12.4. The van der Waals surface area contributed by atoms with E-state index in [1.165, 1.54) is 0 Å². The average Bonchev–Trinajstić information content (AvgIpc) is 2.32. The van der Waals surface area contributed by atoms with Crippen molar-refractivity contribution in [2.24, 2.45) is 5.92 Å². The minimum Gasteiger partial charge on any atom is -0.475 e. The lowest BCUT2D eigenvalue weighted by Gasteiger charge is -2.25. The van der Waals surface area contributed by atoms with Crippen LogP contribution in [-0.2, 0) is 11.0 Å². The Morgan fingerprint density at radius 3 is 2.76 bits per heavy atom. The van der Waals surface area contributed by atoms with Gasteiger partial charge in [0.15, 0.2) is 0 Å². The molecule has 1 fully saturated rings. The molecule has 0 saturated carbocycles. The molecule has 1 aromatic rings. The summed E-state index contributed by atoms with van der Waals surface area (Å²) in [6, 6.07) is 0.752. The van der Waals surface area contributed by atoms with Crippen molar-refractivity contribution in [3.05, 3.63) is 22.8 Å². The molecule has 0 radical (unpaired) electrons. The second-order valence-electron chi connectivity index (χ2n) is 4.50. The maximum atomic E-state index is 12.4. The van der Waals surface area contributed by atoms with Gasteiger partial charge in [-0.2, -0.15) is 13.2 Å². The molecule has 2 heterocycles. The first-order chi connectivity index (χ1) is 9.88. The molecule has 0 aliphatic carbocycles. The van der Waals surface area contributed by atoms with Crippen molar-refractivity contribution in [3.63, 3.8) is 0 Å². The summed E-state index contributed by atoms with van der Waals surface area (Å²) in [6.45, 7) is 1.61. The quantitative estimate of drug-likeness (QED) is 0.806. The number of aromatic nitrogens is 1. The highest BCUT2D eigenvalue weighted by Crippen LogP contribution is 2.32. The summed E-state index contributed by atoms with van der Waals surface area (Å²) in [4.78, 5) is 15.0. The Hall–Kier alpha value is -1.54. The van der Waals surface area contributed by atoms with Gasteiger partial charge in [0.1, 0.15) is 11.6 Å². The highest BCUT2D eigenvalue weighted by atomic mass is 35.5. The molecular weight excluding hydrogens is 311 g/mol. The SMILES string of the molecule is O=C(NCCOc1ncc(C(F)(F)F)cc1Cl)C1CNC1. The third kappa shape index (κ3) is 4.21. The number of carbonyl (C=O) groups excluding carboxylic acids is 1. The number of carbonyl (C=O) groups is 1. The topological polar surface area (TPSA) is 63.2 Å². The van der Waals surface area contributed by atoms with Crippen molar-refractivity contribution in [2.75, 3.05) is 26.2 Å². The van der Waals surface area contributed by atoms with Gasteiger partial charge in [-0.25, -0.2) is 4.98 Å². The molecule has 0 atom stereocenters. The summed E-state index contributed by atoms with van der Waals surface area (Å²) in [5, 5.41) is 5.40. The van der Waals surface area contributed by atoms with E-state index in [9.17, 15) is 18.0 Å². The van der Waals surface area contributed by atoms with E-state index in [4.69, 9.17) is 16.3 Å². The number of rotatable bonds is 5. The van der Waals surface area contributed by atoms with Crippen LogP contribution in [0.4, 0.5) is 13.2 Å². The lowest BCUT2D eigenvalue weighted by molar-refractivity contribution is -0.137. The Balaban J connectivity index is 1.79. The molecule has 21 heavy (non-hydrogen) atoms. The smallest absolute Gasteiger partial charge is 0.417 e. The van der Waals surface area contributed by atoms with Gasteiger partial charge in [-0.15, -0.1) is 0 Å². The van der Waals surface area contributed by atoms with Gasteiger partial charge in [-0.05, 0) is 6.07 Å². The van der Waals surface area contributed by atoms with Gasteiger partial charge in [0.25, 0.3) is 0 Å². The largest absolute Gasteiger partial charge is 0.475 e. The van der Waals surface area contributed by atoms with Crippen molar-refractivity contribution in [2.45, 2.75) is 6.18 Å². The van der Waals surface area contributed by atoms with Crippen LogP contribution in [0.15, 0.2) is 12.3 Å². The van der Waals surface area contributed by atoms with Crippen molar-refractivity contribution in [1.82, 2.24) is 15.6 Å². The molecule has 0 bridgehead atoms. The van der Waals surface area contributed by atoms with Crippen LogP contribution in [0, 0.1) is 5.92 Å². The molecule has 2 rings (SSSR count). The van der Waals surface area contributed by atoms with Crippen LogP contribution >= 0.6 is 11.6 Å². The third-order valence-electron chi connectivity index (χ3n) is 2.93. The van der Waals surface area contributed by atoms with E-state index in [-0.39, 0.29) is 35.9 Å². The Bertz CT molecular complexity index is 521. The van der Waals surface area contributed by atoms with E-state index in [1.54, 1.807) is 0 Å². The van der Waals surface area contributed by atoms with Gasteiger partial charge in [-0.3, -0.25) is 4.79 Å². The molecule has 1 saturated heterocycles. The van der Waals surface area contributed by atoms with Crippen molar-refractivity contribution in [1.29, 1.82) is 0 Å². The van der Waals surface area contributed by atoms with Crippen LogP contribution in [0.2, 0.25) is 5.02 Å². The lowest BCUT2D eigenvalue weighted by Crippen LogP contribution is -2.51. The molecular formula is C12H13ClF3N3O2. The first-order valence-electron chi connectivity index (χ1n) is 6.22. The van der Waals surface area contributed by atoms with Crippen molar-refractivity contribution >= 4 is 17.5 Å². The average molecular weight is 324 g/mol. The van der Waals surface area contributed by atoms with Crippen LogP contribution in [0.1, 0.15) is 5.56 Å². The number of halogens is 4. The van der Waals surface area contributed by atoms with E-state index in [0.29, 0.717) is 19.3 Å². The monoisotopic (exact) mass is 323 g/mol.